The van der Waals surface area contributed by atoms with Gasteiger partial charge in [-0.1, -0.05) is 0 Å². The first-order chi connectivity index (χ1) is 5.25. The quantitative estimate of drug-likeness (QED) is 0.556. The first-order valence-electron chi connectivity index (χ1n) is 2.41. The van der Waals surface area contributed by atoms with Crippen molar-refractivity contribution in [3.8, 4) is 0 Å². The first-order valence-corrected chi connectivity index (χ1v) is 3.50. The van der Waals surface area contributed by atoms with Crippen LogP contribution in [0.2, 0.25) is 0 Å². The van der Waals surface area contributed by atoms with Gasteiger partial charge in [0.2, 0.25) is 6.10 Å². The van der Waals surface area contributed by atoms with Crippen LogP contribution in [0.25, 0.3) is 0 Å². The van der Waals surface area contributed by atoms with Gasteiger partial charge in [0.05, 0.1) is 0 Å². The molecule has 1 atom stereocenters. The highest BCUT2D eigenvalue weighted by Crippen LogP contribution is 2.27. The summed E-state index contributed by atoms with van der Waals surface area (Å²) >= 11 is 0. The second kappa shape index (κ2) is 3.99. The van der Waals surface area contributed by atoms with E-state index in [4.69, 9.17) is 0 Å². The largest absolute Gasteiger partial charge is 0.421 e. The minimum atomic E-state index is -5.39. The van der Waals surface area contributed by atoms with Crippen molar-refractivity contribution in [2.45, 2.75) is 18.7 Å². The summed E-state index contributed by atoms with van der Waals surface area (Å²) in [6, 6.07) is 0. The highest BCUT2D eigenvalue weighted by atomic mass is 32.2. The van der Waals surface area contributed by atoms with Crippen LogP contribution in [0.4, 0.5) is 22.0 Å². The smallest absolute Gasteiger partial charge is 0.253 e. The molecule has 0 bridgehead atoms. The van der Waals surface area contributed by atoms with Crippen LogP contribution in [0.15, 0.2) is 0 Å². The van der Waals surface area contributed by atoms with Crippen molar-refractivity contribution in [1.82, 2.24) is 0 Å². The predicted octanol–water partition coefficient (Wildman–Crippen LogP) is 0.725. The first kappa shape index (κ1) is 11.6. The summed E-state index contributed by atoms with van der Waals surface area (Å²) in [7, 11) is -3.94. The van der Waals surface area contributed by atoms with Gasteiger partial charge < -0.3 is 0 Å². The zero-order valence-electron chi connectivity index (χ0n) is 5.22. The standard InChI is InChI=1S/C3H3F5O3S/c4-2(5)1(3(6,7)8)11-12(9)10/h1-2,12H. The maximum absolute atomic E-state index is 11.5. The highest BCUT2D eigenvalue weighted by Gasteiger charge is 2.48. The molecular formula is C3H3F5O3S. The normalized spacial score (nSPS) is 15.6. The summed E-state index contributed by atoms with van der Waals surface area (Å²) in [5.74, 6) is 0. The van der Waals surface area contributed by atoms with E-state index in [0.29, 0.717) is 0 Å². The fraction of sp³-hybridized carbons (Fsp3) is 1.00. The van der Waals surface area contributed by atoms with Crippen molar-refractivity contribution in [3.05, 3.63) is 0 Å². The second-order valence-corrected chi connectivity index (χ2v) is 2.28. The molecule has 0 radical (unpaired) electrons. The van der Waals surface area contributed by atoms with Crippen molar-refractivity contribution in [2.24, 2.45) is 0 Å². The van der Waals surface area contributed by atoms with Crippen LogP contribution in [0.5, 0.6) is 0 Å². The lowest BCUT2D eigenvalue weighted by atomic mass is 10.4. The molecule has 0 aliphatic rings. The Morgan fingerprint density at radius 2 is 1.58 bits per heavy atom. The van der Waals surface area contributed by atoms with Crippen LogP contribution < -0.4 is 0 Å². The van der Waals surface area contributed by atoms with E-state index < -0.39 is 29.7 Å². The monoisotopic (exact) mass is 214 g/mol. The molecule has 0 saturated heterocycles. The van der Waals surface area contributed by atoms with Crippen molar-refractivity contribution >= 4 is 11.0 Å². The lowest BCUT2D eigenvalue weighted by Gasteiger charge is -2.15. The Morgan fingerprint density at radius 1 is 1.17 bits per heavy atom. The molecule has 0 amide bonds. The van der Waals surface area contributed by atoms with E-state index in [2.05, 4.69) is 4.18 Å². The average Bonchev–Trinajstić information content (AvgIpc) is 1.79. The second-order valence-electron chi connectivity index (χ2n) is 1.63. The van der Waals surface area contributed by atoms with Gasteiger partial charge in [-0.3, -0.25) is 4.18 Å². The summed E-state index contributed by atoms with van der Waals surface area (Å²) in [6.45, 7) is 0. The molecule has 0 aliphatic heterocycles. The van der Waals surface area contributed by atoms with Gasteiger partial charge in [0.25, 0.3) is 17.4 Å². The predicted molar refractivity (Wildman–Crippen MR) is 27.2 cm³/mol. The third-order valence-electron chi connectivity index (χ3n) is 0.751. The topological polar surface area (TPSA) is 43.4 Å². The van der Waals surface area contributed by atoms with Crippen LogP contribution in [0, 0.1) is 0 Å². The van der Waals surface area contributed by atoms with Crippen LogP contribution in [-0.4, -0.2) is 27.1 Å². The van der Waals surface area contributed by atoms with Gasteiger partial charge in [0, 0.05) is 0 Å². The number of alkyl halides is 5. The zero-order valence-corrected chi connectivity index (χ0v) is 6.11. The third kappa shape index (κ3) is 3.81. The van der Waals surface area contributed by atoms with Gasteiger partial charge in [-0.15, -0.1) is 0 Å². The minimum Gasteiger partial charge on any atom is -0.253 e. The Morgan fingerprint density at radius 3 is 1.67 bits per heavy atom. The molecule has 9 heteroatoms. The molecule has 0 spiro atoms. The van der Waals surface area contributed by atoms with E-state index in [0.717, 1.165) is 0 Å². The lowest BCUT2D eigenvalue weighted by Crippen LogP contribution is -2.37. The molecule has 0 aliphatic carbocycles. The van der Waals surface area contributed by atoms with Crippen molar-refractivity contribution < 1.29 is 34.6 Å². The molecule has 0 rings (SSSR count). The van der Waals surface area contributed by atoms with Crippen molar-refractivity contribution in [3.63, 3.8) is 0 Å². The molecule has 0 N–H and O–H groups in total. The zero-order chi connectivity index (χ0) is 9.94. The molecule has 0 heterocycles. The van der Waals surface area contributed by atoms with Gasteiger partial charge in [-0.2, -0.15) is 13.2 Å². The molecule has 74 valence electrons. The van der Waals surface area contributed by atoms with E-state index in [1.807, 2.05) is 0 Å². The Labute approximate surface area is 65.3 Å². The Hall–Kier alpha value is -0.440. The van der Waals surface area contributed by atoms with Gasteiger partial charge in [0.15, 0.2) is 0 Å². The van der Waals surface area contributed by atoms with Crippen LogP contribution in [0.3, 0.4) is 0 Å². The number of hydrogen-bond acceptors (Lipinski definition) is 3. The summed E-state index contributed by atoms with van der Waals surface area (Å²) in [6.07, 6.45) is -12.9. The van der Waals surface area contributed by atoms with Gasteiger partial charge in [-0.25, -0.2) is 17.2 Å². The Kier molecular flexibility index (Phi) is 3.84. The molecule has 1 unspecified atom stereocenters. The fourth-order valence-corrected chi connectivity index (χ4v) is 0.738. The molecule has 3 nitrogen and oxygen atoms in total. The average molecular weight is 214 g/mol. The minimum absolute atomic E-state index is 2.95. The maximum Gasteiger partial charge on any atom is 0.421 e. The maximum atomic E-state index is 11.5. The molecule has 12 heavy (non-hydrogen) atoms. The number of hydrogen-bond donors (Lipinski definition) is 1. The summed E-state index contributed by atoms with van der Waals surface area (Å²) in [4.78, 5) is 0. The van der Waals surface area contributed by atoms with E-state index in [9.17, 15) is 30.4 Å². The summed E-state index contributed by atoms with van der Waals surface area (Å²) in [5, 5.41) is 0. The summed E-state index contributed by atoms with van der Waals surface area (Å²) in [5.41, 5.74) is 0. The molecule has 0 aromatic heterocycles. The summed E-state index contributed by atoms with van der Waals surface area (Å²) < 4.78 is 79.3. The SMILES string of the molecule is O=[SH](=O)OC(C(F)F)C(F)(F)F. The van der Waals surface area contributed by atoms with E-state index >= 15 is 0 Å². The van der Waals surface area contributed by atoms with E-state index in [1.165, 1.54) is 0 Å². The molecule has 0 fully saturated rings. The van der Waals surface area contributed by atoms with Gasteiger partial charge >= 0.3 is 6.18 Å². The Bertz CT molecular complexity index is 200. The van der Waals surface area contributed by atoms with Gasteiger partial charge in [-0.05, 0) is 0 Å². The van der Waals surface area contributed by atoms with Crippen LogP contribution >= 0.6 is 0 Å². The molecule has 0 aromatic carbocycles. The molecular weight excluding hydrogens is 211 g/mol. The van der Waals surface area contributed by atoms with E-state index in [1.54, 1.807) is 0 Å². The highest BCUT2D eigenvalue weighted by molar-refractivity contribution is 7.67. The molecule has 0 saturated carbocycles. The van der Waals surface area contributed by atoms with Crippen molar-refractivity contribution in [1.29, 1.82) is 0 Å². The third-order valence-corrected chi connectivity index (χ3v) is 1.15. The lowest BCUT2D eigenvalue weighted by molar-refractivity contribution is -0.225. The van der Waals surface area contributed by atoms with Crippen LogP contribution in [-0.2, 0) is 15.2 Å². The van der Waals surface area contributed by atoms with Crippen molar-refractivity contribution in [2.75, 3.05) is 0 Å². The van der Waals surface area contributed by atoms with Gasteiger partial charge in [0.1, 0.15) is 0 Å². The fourth-order valence-electron chi connectivity index (χ4n) is 0.341. The number of halogens is 5. The number of rotatable bonds is 3. The Balaban J connectivity index is 4.45. The van der Waals surface area contributed by atoms with E-state index in [-0.39, 0.29) is 0 Å². The molecule has 0 aromatic rings. The number of thiol groups is 1. The van der Waals surface area contributed by atoms with Crippen LogP contribution in [0.1, 0.15) is 0 Å².